The van der Waals surface area contributed by atoms with Gasteiger partial charge in [-0.25, -0.2) is 4.79 Å². The van der Waals surface area contributed by atoms with Crippen molar-refractivity contribution < 1.29 is 4.42 Å². The molecule has 0 saturated carbocycles. The monoisotopic (exact) mass is 238 g/mol. The second-order valence-corrected chi connectivity index (χ2v) is 3.78. The van der Waals surface area contributed by atoms with Crippen LogP contribution in [0, 0.1) is 11.3 Å². The maximum Gasteiger partial charge on any atom is 0.345 e. The maximum absolute atomic E-state index is 11.8. The van der Waals surface area contributed by atoms with Crippen LogP contribution in [0.4, 0.5) is 0 Å². The summed E-state index contributed by atoms with van der Waals surface area (Å²) in [5.74, 6) is 0. The van der Waals surface area contributed by atoms with E-state index in [4.69, 9.17) is 9.68 Å². The molecule has 2 aromatic heterocycles. The first-order chi connectivity index (χ1) is 8.72. The minimum atomic E-state index is -0.573. The first-order valence-electron chi connectivity index (χ1n) is 5.19. The minimum absolute atomic E-state index is 0.0726. The van der Waals surface area contributed by atoms with Crippen molar-refractivity contribution in [3.63, 3.8) is 0 Å². The van der Waals surface area contributed by atoms with Crippen molar-refractivity contribution in [1.82, 2.24) is 4.98 Å². The number of nitrogens with one attached hydrogen (secondary N) is 1. The Morgan fingerprint density at radius 2 is 1.94 bits per heavy atom. The number of benzene rings is 1. The zero-order valence-electron chi connectivity index (χ0n) is 9.06. The Morgan fingerprint density at radius 3 is 2.72 bits per heavy atom. The average Bonchev–Trinajstić information content (AvgIpc) is 2.38. The molecular weight excluding hydrogens is 232 g/mol. The summed E-state index contributed by atoms with van der Waals surface area (Å²) in [6.07, 6.45) is 1.27. The van der Waals surface area contributed by atoms with Crippen LogP contribution < -0.4 is 11.2 Å². The van der Waals surface area contributed by atoms with Gasteiger partial charge in [-0.05, 0) is 6.07 Å². The molecule has 0 bridgehead atoms. The summed E-state index contributed by atoms with van der Waals surface area (Å²) in [5, 5.41) is 10.2. The molecule has 0 atom stereocenters. The molecule has 0 amide bonds. The third-order valence-corrected chi connectivity index (χ3v) is 2.78. The third-order valence-electron chi connectivity index (χ3n) is 2.78. The Kier molecular flexibility index (Phi) is 2.04. The SMILES string of the molecule is N#Cc1c(=O)[nH]cc2c(=O)oc3ccccc3c12. The normalized spacial score (nSPS) is 10.6. The predicted octanol–water partition coefficient (Wildman–Crippen LogP) is 1.51. The fourth-order valence-corrected chi connectivity index (χ4v) is 1.99. The van der Waals surface area contributed by atoms with Crippen LogP contribution in [-0.2, 0) is 0 Å². The Bertz CT molecular complexity index is 929. The fraction of sp³-hybridized carbons (Fsp3) is 0. The number of pyridine rings is 1. The van der Waals surface area contributed by atoms with E-state index in [1.54, 1.807) is 24.3 Å². The van der Waals surface area contributed by atoms with Crippen molar-refractivity contribution in [3.05, 3.63) is 56.8 Å². The average molecular weight is 238 g/mol. The lowest BCUT2D eigenvalue weighted by Crippen LogP contribution is -2.13. The zero-order chi connectivity index (χ0) is 12.7. The van der Waals surface area contributed by atoms with Crippen molar-refractivity contribution >= 4 is 21.7 Å². The van der Waals surface area contributed by atoms with Crippen LogP contribution in [0.25, 0.3) is 21.7 Å². The van der Waals surface area contributed by atoms with Gasteiger partial charge < -0.3 is 9.40 Å². The summed E-state index contributed by atoms with van der Waals surface area (Å²) in [5.41, 5.74) is -0.800. The lowest BCUT2D eigenvalue weighted by Gasteiger charge is -2.02. The molecule has 0 aliphatic carbocycles. The number of rotatable bonds is 0. The number of nitrogens with zero attached hydrogens (tertiary/aromatic N) is 1. The van der Waals surface area contributed by atoms with E-state index in [0.717, 1.165) is 0 Å². The van der Waals surface area contributed by atoms with Crippen LogP contribution in [0.1, 0.15) is 5.56 Å². The molecule has 18 heavy (non-hydrogen) atoms. The molecular formula is C13H6N2O3. The standard InChI is InChI=1S/C13H6N2O3/c14-5-8-11-7-3-1-2-4-10(7)18-13(17)9(11)6-15-12(8)16/h1-4,6H,(H,15,16). The lowest BCUT2D eigenvalue weighted by atomic mass is 10.1. The number of hydrogen-bond acceptors (Lipinski definition) is 4. The number of para-hydroxylation sites is 1. The molecule has 0 unspecified atom stereocenters. The summed E-state index contributed by atoms with van der Waals surface area (Å²) in [7, 11) is 0. The van der Waals surface area contributed by atoms with Crippen molar-refractivity contribution in [3.8, 4) is 6.07 Å². The van der Waals surface area contributed by atoms with Gasteiger partial charge in [0.05, 0.1) is 5.39 Å². The molecule has 0 saturated heterocycles. The number of aromatic amines is 1. The molecule has 3 aromatic rings. The molecule has 0 spiro atoms. The van der Waals surface area contributed by atoms with E-state index >= 15 is 0 Å². The second kappa shape index (κ2) is 3.57. The van der Waals surface area contributed by atoms with Gasteiger partial charge >= 0.3 is 5.63 Å². The van der Waals surface area contributed by atoms with Gasteiger partial charge in [-0.2, -0.15) is 5.26 Å². The van der Waals surface area contributed by atoms with E-state index in [1.165, 1.54) is 6.20 Å². The number of fused-ring (bicyclic) bond motifs is 3. The number of H-pyrrole nitrogens is 1. The van der Waals surface area contributed by atoms with Crippen LogP contribution in [0.2, 0.25) is 0 Å². The predicted molar refractivity (Wildman–Crippen MR) is 65.3 cm³/mol. The van der Waals surface area contributed by atoms with Crippen LogP contribution in [0.15, 0.2) is 44.5 Å². The van der Waals surface area contributed by atoms with Crippen molar-refractivity contribution in [2.45, 2.75) is 0 Å². The van der Waals surface area contributed by atoms with Gasteiger partial charge in [0, 0.05) is 17.0 Å². The van der Waals surface area contributed by atoms with E-state index in [2.05, 4.69) is 4.98 Å². The molecule has 5 heteroatoms. The molecule has 5 nitrogen and oxygen atoms in total. The molecule has 3 rings (SSSR count). The van der Waals surface area contributed by atoms with Gasteiger partial charge in [0.25, 0.3) is 5.56 Å². The highest BCUT2D eigenvalue weighted by Crippen LogP contribution is 2.23. The van der Waals surface area contributed by atoms with E-state index in [1.807, 2.05) is 6.07 Å². The van der Waals surface area contributed by atoms with Gasteiger partial charge in [-0.1, -0.05) is 18.2 Å². The smallest absolute Gasteiger partial charge is 0.345 e. The summed E-state index contributed by atoms with van der Waals surface area (Å²) < 4.78 is 5.13. The molecule has 0 fully saturated rings. The summed E-state index contributed by atoms with van der Waals surface area (Å²) in [6, 6.07) is 8.64. The second-order valence-electron chi connectivity index (χ2n) is 3.78. The maximum atomic E-state index is 11.8. The number of hydrogen-bond donors (Lipinski definition) is 1. The summed E-state index contributed by atoms with van der Waals surface area (Å²) >= 11 is 0. The summed E-state index contributed by atoms with van der Waals surface area (Å²) in [4.78, 5) is 25.7. The van der Waals surface area contributed by atoms with Crippen molar-refractivity contribution in [2.75, 3.05) is 0 Å². The van der Waals surface area contributed by atoms with Crippen LogP contribution in [0.3, 0.4) is 0 Å². The summed E-state index contributed by atoms with van der Waals surface area (Å²) in [6.45, 7) is 0. The molecule has 86 valence electrons. The third kappa shape index (κ3) is 1.26. The highest BCUT2D eigenvalue weighted by molar-refractivity contribution is 6.06. The number of aromatic nitrogens is 1. The van der Waals surface area contributed by atoms with Crippen LogP contribution >= 0.6 is 0 Å². The van der Waals surface area contributed by atoms with Crippen molar-refractivity contribution in [1.29, 1.82) is 5.26 Å². The van der Waals surface area contributed by atoms with E-state index in [9.17, 15) is 9.59 Å². The highest BCUT2D eigenvalue weighted by atomic mass is 16.4. The van der Waals surface area contributed by atoms with Crippen LogP contribution in [-0.4, -0.2) is 4.98 Å². The fourth-order valence-electron chi connectivity index (χ4n) is 1.99. The Hall–Kier alpha value is -2.87. The van der Waals surface area contributed by atoms with Crippen LogP contribution in [0.5, 0.6) is 0 Å². The van der Waals surface area contributed by atoms with E-state index in [-0.39, 0.29) is 10.9 Å². The molecule has 0 aliphatic heterocycles. The lowest BCUT2D eigenvalue weighted by molar-refractivity contribution is 0.569. The minimum Gasteiger partial charge on any atom is -0.422 e. The van der Waals surface area contributed by atoms with Crippen molar-refractivity contribution in [2.24, 2.45) is 0 Å². The molecule has 0 aliphatic rings. The molecule has 1 N–H and O–H groups in total. The molecule has 0 radical (unpaired) electrons. The first kappa shape index (κ1) is 10.3. The Morgan fingerprint density at radius 1 is 1.17 bits per heavy atom. The van der Waals surface area contributed by atoms with E-state index < -0.39 is 11.2 Å². The van der Waals surface area contributed by atoms with Gasteiger partial charge in [-0.3, -0.25) is 4.79 Å². The molecule has 2 heterocycles. The zero-order valence-corrected chi connectivity index (χ0v) is 9.06. The van der Waals surface area contributed by atoms with Gasteiger partial charge in [0.15, 0.2) is 0 Å². The van der Waals surface area contributed by atoms with E-state index in [0.29, 0.717) is 16.4 Å². The van der Waals surface area contributed by atoms with Gasteiger partial charge in [0.2, 0.25) is 0 Å². The Balaban J connectivity index is 2.79. The van der Waals surface area contributed by atoms with Gasteiger partial charge in [0.1, 0.15) is 17.2 Å². The highest BCUT2D eigenvalue weighted by Gasteiger charge is 2.13. The number of nitriles is 1. The molecule has 1 aromatic carbocycles. The first-order valence-corrected chi connectivity index (χ1v) is 5.19. The topological polar surface area (TPSA) is 86.9 Å². The quantitative estimate of drug-likeness (QED) is 0.475. The Labute approximate surface area is 99.9 Å². The largest absolute Gasteiger partial charge is 0.422 e. The van der Waals surface area contributed by atoms with Gasteiger partial charge in [-0.15, -0.1) is 0 Å².